The van der Waals surface area contributed by atoms with E-state index in [2.05, 4.69) is 31.8 Å². The Morgan fingerprint density at radius 1 is 0.964 bits per heavy atom. The molecule has 7 heteroatoms. The van der Waals surface area contributed by atoms with Gasteiger partial charge in [-0.1, -0.05) is 31.4 Å². The van der Waals surface area contributed by atoms with Crippen molar-refractivity contribution in [1.29, 1.82) is 0 Å². The number of nitrogens with zero attached hydrogens (tertiary/aromatic N) is 3. The van der Waals surface area contributed by atoms with Crippen LogP contribution >= 0.6 is 0 Å². The number of anilines is 4. The van der Waals surface area contributed by atoms with Crippen molar-refractivity contribution >= 4 is 28.9 Å². The predicted octanol–water partition coefficient (Wildman–Crippen LogP) is 3.58. The van der Waals surface area contributed by atoms with Crippen molar-refractivity contribution in [3.63, 3.8) is 0 Å². The zero-order valence-corrected chi connectivity index (χ0v) is 16.1. The molecule has 1 aromatic carbocycles. The molecular formula is C21H27N5O2. The highest BCUT2D eigenvalue weighted by Gasteiger charge is 2.21. The summed E-state index contributed by atoms with van der Waals surface area (Å²) in [4.78, 5) is 14.7. The maximum Gasteiger partial charge on any atom is 0.228 e. The second kappa shape index (κ2) is 9.01. The van der Waals surface area contributed by atoms with Gasteiger partial charge in [0.1, 0.15) is 0 Å². The fraction of sp³-hybridized carbons (Fsp3) is 0.476. The quantitative estimate of drug-likeness (QED) is 0.824. The van der Waals surface area contributed by atoms with Crippen LogP contribution in [0.2, 0.25) is 0 Å². The van der Waals surface area contributed by atoms with E-state index in [1.807, 2.05) is 24.3 Å². The zero-order valence-electron chi connectivity index (χ0n) is 16.1. The van der Waals surface area contributed by atoms with Gasteiger partial charge in [0.05, 0.1) is 24.6 Å². The van der Waals surface area contributed by atoms with Gasteiger partial charge in [0.15, 0.2) is 11.6 Å². The van der Waals surface area contributed by atoms with Crippen LogP contribution in [0.25, 0.3) is 0 Å². The molecule has 7 nitrogen and oxygen atoms in total. The van der Waals surface area contributed by atoms with Crippen molar-refractivity contribution < 1.29 is 9.53 Å². The summed E-state index contributed by atoms with van der Waals surface area (Å²) in [7, 11) is 0. The molecular weight excluding hydrogens is 354 g/mol. The molecule has 4 rings (SSSR count). The second-order valence-corrected chi connectivity index (χ2v) is 7.37. The molecule has 2 fully saturated rings. The smallest absolute Gasteiger partial charge is 0.228 e. The van der Waals surface area contributed by atoms with E-state index < -0.39 is 0 Å². The van der Waals surface area contributed by atoms with Crippen LogP contribution in [0.4, 0.5) is 23.0 Å². The molecule has 1 aromatic heterocycles. The number of benzene rings is 1. The third-order valence-corrected chi connectivity index (χ3v) is 5.41. The molecule has 1 aliphatic carbocycles. The van der Waals surface area contributed by atoms with Gasteiger partial charge in [-0.15, -0.1) is 10.2 Å². The SMILES string of the molecule is O=C(Nc1ccc(Nc2ccccc2N2CCOCC2)nn1)C1CCCCC1. The average Bonchev–Trinajstić information content (AvgIpc) is 2.77. The van der Waals surface area contributed by atoms with Crippen LogP contribution < -0.4 is 15.5 Å². The molecule has 148 valence electrons. The van der Waals surface area contributed by atoms with Gasteiger partial charge in [-0.05, 0) is 37.1 Å². The third-order valence-electron chi connectivity index (χ3n) is 5.41. The van der Waals surface area contributed by atoms with Crippen LogP contribution in [0.3, 0.4) is 0 Å². The molecule has 1 saturated heterocycles. The minimum Gasteiger partial charge on any atom is -0.378 e. The van der Waals surface area contributed by atoms with Gasteiger partial charge in [0.2, 0.25) is 5.91 Å². The Bertz CT molecular complexity index is 784. The summed E-state index contributed by atoms with van der Waals surface area (Å²) in [5.74, 6) is 1.32. The molecule has 0 bridgehead atoms. The number of ether oxygens (including phenoxy) is 1. The van der Waals surface area contributed by atoms with E-state index in [-0.39, 0.29) is 11.8 Å². The van der Waals surface area contributed by atoms with Crippen molar-refractivity contribution in [3.05, 3.63) is 36.4 Å². The number of carbonyl (C=O) groups is 1. The normalized spacial score (nSPS) is 17.9. The van der Waals surface area contributed by atoms with Gasteiger partial charge >= 0.3 is 0 Å². The third kappa shape index (κ3) is 4.59. The van der Waals surface area contributed by atoms with Crippen molar-refractivity contribution in [2.75, 3.05) is 41.8 Å². The fourth-order valence-corrected chi connectivity index (χ4v) is 3.86. The molecule has 1 amide bonds. The molecule has 2 N–H and O–H groups in total. The van der Waals surface area contributed by atoms with Crippen LogP contribution in [0.5, 0.6) is 0 Å². The first-order valence-corrected chi connectivity index (χ1v) is 10.1. The summed E-state index contributed by atoms with van der Waals surface area (Å²) in [6.45, 7) is 3.22. The molecule has 28 heavy (non-hydrogen) atoms. The van der Waals surface area contributed by atoms with E-state index in [4.69, 9.17) is 4.74 Å². The molecule has 2 heterocycles. The highest BCUT2D eigenvalue weighted by atomic mass is 16.5. The van der Waals surface area contributed by atoms with Crippen molar-refractivity contribution in [1.82, 2.24) is 10.2 Å². The van der Waals surface area contributed by atoms with E-state index in [1.54, 1.807) is 6.07 Å². The molecule has 1 saturated carbocycles. The van der Waals surface area contributed by atoms with E-state index in [0.29, 0.717) is 11.6 Å². The van der Waals surface area contributed by atoms with E-state index in [0.717, 1.165) is 63.4 Å². The lowest BCUT2D eigenvalue weighted by atomic mass is 9.89. The molecule has 2 aliphatic rings. The summed E-state index contributed by atoms with van der Waals surface area (Å²) in [5, 5.41) is 14.7. The molecule has 0 unspecified atom stereocenters. The summed E-state index contributed by atoms with van der Waals surface area (Å²) < 4.78 is 5.45. The van der Waals surface area contributed by atoms with Crippen molar-refractivity contribution in [2.45, 2.75) is 32.1 Å². The van der Waals surface area contributed by atoms with E-state index in [1.165, 1.54) is 6.42 Å². The minimum atomic E-state index is 0.0624. The van der Waals surface area contributed by atoms with Gasteiger partial charge in [0.25, 0.3) is 0 Å². The summed E-state index contributed by atoms with van der Waals surface area (Å²) in [5.41, 5.74) is 2.11. The van der Waals surface area contributed by atoms with Crippen LogP contribution in [0, 0.1) is 5.92 Å². The van der Waals surface area contributed by atoms with Gasteiger partial charge in [-0.2, -0.15) is 0 Å². The number of hydrogen-bond donors (Lipinski definition) is 2. The van der Waals surface area contributed by atoms with Crippen LogP contribution in [0.15, 0.2) is 36.4 Å². The number of nitrogens with one attached hydrogen (secondary N) is 2. The van der Waals surface area contributed by atoms with Crippen molar-refractivity contribution in [2.24, 2.45) is 5.92 Å². The first kappa shape index (κ1) is 18.7. The standard InChI is InChI=1S/C21H27N5O2/c27-21(16-6-2-1-3-7-16)23-20-11-10-19(24-25-20)22-17-8-4-5-9-18(17)26-12-14-28-15-13-26/h4-5,8-11,16H,1-3,6-7,12-15H2,(H,22,24)(H,23,25,27). The maximum atomic E-state index is 12.4. The molecule has 0 atom stereocenters. The average molecular weight is 381 g/mol. The molecule has 0 spiro atoms. The lowest BCUT2D eigenvalue weighted by molar-refractivity contribution is -0.120. The Labute approximate surface area is 165 Å². The summed E-state index contributed by atoms with van der Waals surface area (Å²) >= 11 is 0. The Morgan fingerprint density at radius 3 is 2.43 bits per heavy atom. The lowest BCUT2D eigenvalue weighted by Gasteiger charge is -2.30. The Balaban J connectivity index is 1.40. The van der Waals surface area contributed by atoms with Gasteiger partial charge in [0, 0.05) is 19.0 Å². The predicted molar refractivity (Wildman–Crippen MR) is 110 cm³/mol. The topological polar surface area (TPSA) is 79.4 Å². The Kier molecular flexibility index (Phi) is 6.01. The lowest BCUT2D eigenvalue weighted by Crippen LogP contribution is -2.36. The van der Waals surface area contributed by atoms with Crippen molar-refractivity contribution in [3.8, 4) is 0 Å². The number of para-hydroxylation sites is 2. The summed E-state index contributed by atoms with van der Waals surface area (Å²) in [6.07, 6.45) is 5.44. The number of amides is 1. The Hall–Kier alpha value is -2.67. The van der Waals surface area contributed by atoms with Crippen LogP contribution in [0.1, 0.15) is 32.1 Å². The molecule has 0 radical (unpaired) electrons. The van der Waals surface area contributed by atoms with Crippen LogP contribution in [-0.4, -0.2) is 42.4 Å². The maximum absolute atomic E-state index is 12.4. The number of carbonyl (C=O) groups excluding carboxylic acids is 1. The number of morpholine rings is 1. The highest BCUT2D eigenvalue weighted by Crippen LogP contribution is 2.29. The summed E-state index contributed by atoms with van der Waals surface area (Å²) in [6, 6.07) is 11.8. The largest absolute Gasteiger partial charge is 0.378 e. The molecule has 2 aromatic rings. The minimum absolute atomic E-state index is 0.0624. The van der Waals surface area contributed by atoms with Gasteiger partial charge in [-0.25, -0.2) is 0 Å². The second-order valence-electron chi connectivity index (χ2n) is 7.37. The zero-order chi connectivity index (χ0) is 19.2. The van der Waals surface area contributed by atoms with Gasteiger partial charge in [-0.3, -0.25) is 4.79 Å². The van der Waals surface area contributed by atoms with Gasteiger partial charge < -0.3 is 20.3 Å². The Morgan fingerprint density at radius 2 is 1.68 bits per heavy atom. The number of hydrogen-bond acceptors (Lipinski definition) is 6. The fourth-order valence-electron chi connectivity index (χ4n) is 3.86. The number of aromatic nitrogens is 2. The highest BCUT2D eigenvalue weighted by molar-refractivity contribution is 5.91. The number of rotatable bonds is 5. The van der Waals surface area contributed by atoms with Crippen LogP contribution in [-0.2, 0) is 9.53 Å². The van der Waals surface area contributed by atoms with E-state index >= 15 is 0 Å². The first-order valence-electron chi connectivity index (χ1n) is 10.1. The first-order chi connectivity index (χ1) is 13.8. The van der Waals surface area contributed by atoms with E-state index in [9.17, 15) is 4.79 Å². The monoisotopic (exact) mass is 381 g/mol. The molecule has 1 aliphatic heterocycles.